The highest BCUT2D eigenvalue weighted by molar-refractivity contribution is 5.48. The summed E-state index contributed by atoms with van der Waals surface area (Å²) in [7, 11) is 2.20. The standard InChI is InChI=1S/C23H34N2/c1-5-25(23-15-11-13-21(3)19-23)17-9-7-6-8-16-24(4)22-14-10-12-20(2)18-22/h10-15,18-19H,5-9,16-17H2,1-4H3. The molecule has 0 aliphatic rings. The van der Waals surface area contributed by atoms with Crippen LogP contribution in [0, 0.1) is 13.8 Å². The summed E-state index contributed by atoms with van der Waals surface area (Å²) >= 11 is 0. The molecule has 0 saturated carbocycles. The Morgan fingerprint density at radius 1 is 0.720 bits per heavy atom. The van der Waals surface area contributed by atoms with Gasteiger partial charge < -0.3 is 9.80 Å². The molecule has 2 heteroatoms. The lowest BCUT2D eigenvalue weighted by Gasteiger charge is -2.23. The SMILES string of the molecule is CCN(CCCCCCN(C)c1cccc(C)c1)c1cccc(C)c1. The Hall–Kier alpha value is -1.96. The number of hydrogen-bond donors (Lipinski definition) is 0. The second kappa shape index (κ2) is 10.1. The maximum absolute atomic E-state index is 2.49. The molecule has 0 saturated heterocycles. The van der Waals surface area contributed by atoms with Gasteiger partial charge in [-0.2, -0.15) is 0 Å². The molecule has 0 spiro atoms. The van der Waals surface area contributed by atoms with Crippen LogP contribution in [0.4, 0.5) is 11.4 Å². The summed E-state index contributed by atoms with van der Waals surface area (Å²) < 4.78 is 0. The van der Waals surface area contributed by atoms with Crippen LogP contribution in [0.2, 0.25) is 0 Å². The van der Waals surface area contributed by atoms with Crippen molar-refractivity contribution >= 4 is 11.4 Å². The monoisotopic (exact) mass is 338 g/mol. The van der Waals surface area contributed by atoms with Crippen molar-refractivity contribution in [3.8, 4) is 0 Å². The van der Waals surface area contributed by atoms with E-state index >= 15 is 0 Å². The fraction of sp³-hybridized carbons (Fsp3) is 0.478. The summed E-state index contributed by atoms with van der Waals surface area (Å²) in [6.45, 7) is 9.96. The number of hydrogen-bond acceptors (Lipinski definition) is 2. The minimum Gasteiger partial charge on any atom is -0.375 e. The molecule has 25 heavy (non-hydrogen) atoms. The topological polar surface area (TPSA) is 6.48 Å². The minimum absolute atomic E-state index is 1.08. The molecule has 0 amide bonds. The Bertz CT molecular complexity index is 635. The van der Waals surface area contributed by atoms with E-state index in [1.165, 1.54) is 48.2 Å². The van der Waals surface area contributed by atoms with Gasteiger partial charge in [0.25, 0.3) is 0 Å². The number of aryl methyl sites for hydroxylation is 2. The highest BCUT2D eigenvalue weighted by Gasteiger charge is 2.04. The highest BCUT2D eigenvalue weighted by atomic mass is 15.1. The van der Waals surface area contributed by atoms with Gasteiger partial charge in [-0.25, -0.2) is 0 Å². The number of benzene rings is 2. The number of unbranched alkanes of at least 4 members (excludes halogenated alkanes) is 3. The number of nitrogens with zero attached hydrogens (tertiary/aromatic N) is 2. The Morgan fingerprint density at radius 3 is 1.88 bits per heavy atom. The van der Waals surface area contributed by atoms with E-state index in [0.717, 1.165) is 19.6 Å². The lowest BCUT2D eigenvalue weighted by atomic mass is 10.1. The van der Waals surface area contributed by atoms with Gasteiger partial charge in [0.15, 0.2) is 0 Å². The van der Waals surface area contributed by atoms with Gasteiger partial charge in [0.05, 0.1) is 0 Å². The minimum atomic E-state index is 1.08. The number of rotatable bonds is 10. The summed E-state index contributed by atoms with van der Waals surface area (Å²) in [5.41, 5.74) is 5.37. The Labute approximate surface area is 154 Å². The van der Waals surface area contributed by atoms with E-state index in [2.05, 4.69) is 86.1 Å². The van der Waals surface area contributed by atoms with Gasteiger partial charge in [-0.05, 0) is 69.0 Å². The van der Waals surface area contributed by atoms with Gasteiger partial charge >= 0.3 is 0 Å². The summed E-state index contributed by atoms with van der Waals surface area (Å²) in [4.78, 5) is 4.87. The average molecular weight is 339 g/mol. The predicted octanol–water partition coefficient (Wildman–Crippen LogP) is 5.83. The molecule has 0 atom stereocenters. The van der Waals surface area contributed by atoms with Crippen molar-refractivity contribution < 1.29 is 0 Å². The van der Waals surface area contributed by atoms with E-state index < -0.39 is 0 Å². The van der Waals surface area contributed by atoms with Crippen LogP contribution in [-0.2, 0) is 0 Å². The van der Waals surface area contributed by atoms with Crippen molar-refractivity contribution in [2.24, 2.45) is 0 Å². The van der Waals surface area contributed by atoms with E-state index in [4.69, 9.17) is 0 Å². The molecule has 0 aliphatic carbocycles. The largest absolute Gasteiger partial charge is 0.375 e. The van der Waals surface area contributed by atoms with Crippen LogP contribution in [0.25, 0.3) is 0 Å². The summed E-state index contributed by atoms with van der Waals surface area (Å²) in [6.07, 6.45) is 5.16. The Kier molecular flexibility index (Phi) is 7.84. The van der Waals surface area contributed by atoms with Crippen LogP contribution in [0.15, 0.2) is 48.5 Å². The first-order chi connectivity index (χ1) is 12.1. The summed E-state index contributed by atoms with van der Waals surface area (Å²) in [5, 5.41) is 0. The molecule has 0 radical (unpaired) electrons. The summed E-state index contributed by atoms with van der Waals surface area (Å²) in [5.74, 6) is 0. The van der Waals surface area contributed by atoms with Gasteiger partial charge in [0.2, 0.25) is 0 Å². The van der Waals surface area contributed by atoms with E-state index in [9.17, 15) is 0 Å². The van der Waals surface area contributed by atoms with Crippen LogP contribution < -0.4 is 9.80 Å². The molecule has 0 heterocycles. The average Bonchev–Trinajstić information content (AvgIpc) is 2.61. The second-order valence-corrected chi connectivity index (χ2v) is 7.09. The number of anilines is 2. The van der Waals surface area contributed by atoms with Crippen LogP contribution in [-0.4, -0.2) is 26.7 Å². The third-order valence-electron chi connectivity index (χ3n) is 4.86. The molecule has 0 bridgehead atoms. The van der Waals surface area contributed by atoms with E-state index in [-0.39, 0.29) is 0 Å². The smallest absolute Gasteiger partial charge is 0.0368 e. The molecule has 0 N–H and O–H groups in total. The molecular weight excluding hydrogens is 304 g/mol. The lowest BCUT2D eigenvalue weighted by Crippen LogP contribution is -2.24. The van der Waals surface area contributed by atoms with Crippen LogP contribution in [0.3, 0.4) is 0 Å². The zero-order chi connectivity index (χ0) is 18.1. The first-order valence-corrected chi connectivity index (χ1v) is 9.69. The van der Waals surface area contributed by atoms with Gasteiger partial charge in [-0.15, -0.1) is 0 Å². The molecule has 2 aromatic rings. The fourth-order valence-corrected chi connectivity index (χ4v) is 3.29. The zero-order valence-electron chi connectivity index (χ0n) is 16.5. The Morgan fingerprint density at radius 2 is 1.28 bits per heavy atom. The maximum atomic E-state index is 2.49. The van der Waals surface area contributed by atoms with E-state index in [1.54, 1.807) is 0 Å². The second-order valence-electron chi connectivity index (χ2n) is 7.09. The van der Waals surface area contributed by atoms with Crippen LogP contribution >= 0.6 is 0 Å². The van der Waals surface area contributed by atoms with Crippen molar-refractivity contribution in [1.82, 2.24) is 0 Å². The van der Waals surface area contributed by atoms with Crippen LogP contribution in [0.1, 0.15) is 43.7 Å². The molecular formula is C23H34N2. The van der Waals surface area contributed by atoms with Crippen LogP contribution in [0.5, 0.6) is 0 Å². The molecule has 2 nitrogen and oxygen atoms in total. The third-order valence-corrected chi connectivity index (χ3v) is 4.86. The van der Waals surface area contributed by atoms with Crippen molar-refractivity contribution in [2.45, 2.75) is 46.5 Å². The maximum Gasteiger partial charge on any atom is 0.0368 e. The first kappa shape index (κ1) is 19.4. The fourth-order valence-electron chi connectivity index (χ4n) is 3.29. The predicted molar refractivity (Wildman–Crippen MR) is 112 cm³/mol. The third kappa shape index (κ3) is 6.45. The molecule has 2 aromatic carbocycles. The molecule has 0 fully saturated rings. The van der Waals surface area contributed by atoms with Gasteiger partial charge in [-0.3, -0.25) is 0 Å². The van der Waals surface area contributed by atoms with E-state index in [1.807, 2.05) is 0 Å². The molecule has 136 valence electrons. The quantitative estimate of drug-likeness (QED) is 0.503. The Balaban J connectivity index is 1.65. The first-order valence-electron chi connectivity index (χ1n) is 9.69. The molecule has 0 unspecified atom stereocenters. The summed E-state index contributed by atoms with van der Waals surface area (Å²) in [6, 6.07) is 17.6. The van der Waals surface area contributed by atoms with Gasteiger partial charge in [0, 0.05) is 38.1 Å². The molecule has 2 rings (SSSR count). The zero-order valence-corrected chi connectivity index (χ0v) is 16.5. The normalized spacial score (nSPS) is 10.7. The highest BCUT2D eigenvalue weighted by Crippen LogP contribution is 2.17. The molecule has 0 aliphatic heterocycles. The van der Waals surface area contributed by atoms with Gasteiger partial charge in [0.1, 0.15) is 0 Å². The van der Waals surface area contributed by atoms with Crippen molar-refractivity contribution in [3.05, 3.63) is 59.7 Å². The van der Waals surface area contributed by atoms with Crippen molar-refractivity contribution in [2.75, 3.05) is 36.5 Å². The van der Waals surface area contributed by atoms with Gasteiger partial charge in [-0.1, -0.05) is 37.1 Å². The van der Waals surface area contributed by atoms with Crippen molar-refractivity contribution in [3.63, 3.8) is 0 Å². The van der Waals surface area contributed by atoms with Crippen molar-refractivity contribution in [1.29, 1.82) is 0 Å². The lowest BCUT2D eigenvalue weighted by molar-refractivity contribution is 0.626. The molecule has 0 aromatic heterocycles. The van der Waals surface area contributed by atoms with E-state index in [0.29, 0.717) is 0 Å².